The number of aliphatic imine (C=N–C) groups is 1. The van der Waals surface area contributed by atoms with Gasteiger partial charge in [0.15, 0.2) is 11.5 Å². The van der Waals surface area contributed by atoms with Crippen molar-refractivity contribution in [1.29, 1.82) is 0 Å². The summed E-state index contributed by atoms with van der Waals surface area (Å²) in [6.07, 6.45) is 0.418. The lowest BCUT2D eigenvalue weighted by Crippen LogP contribution is -2.39. The van der Waals surface area contributed by atoms with Crippen molar-refractivity contribution in [3.63, 3.8) is 0 Å². The summed E-state index contributed by atoms with van der Waals surface area (Å²) in [5.41, 5.74) is 12.2. The number of hydrogen-bond donors (Lipinski definition) is 3. The second-order valence-electron chi connectivity index (χ2n) is 8.24. The van der Waals surface area contributed by atoms with Crippen LogP contribution in [0.2, 0.25) is 0 Å². The first-order valence-electron chi connectivity index (χ1n) is 11.4. The molecule has 0 saturated heterocycles. The first kappa shape index (κ1) is 25.9. The Morgan fingerprint density at radius 3 is 2.78 bits per heavy atom. The molecule has 37 heavy (non-hydrogen) atoms. The summed E-state index contributed by atoms with van der Waals surface area (Å²) >= 11 is 0. The molecule has 12 heteroatoms. The molecular weight excluding hydrogens is 489 g/mol. The van der Waals surface area contributed by atoms with E-state index in [1.807, 2.05) is 0 Å². The number of rotatable bonds is 7. The number of methoxy groups -OCH3 is 1. The van der Waals surface area contributed by atoms with Crippen molar-refractivity contribution in [3.05, 3.63) is 65.5 Å². The predicted molar refractivity (Wildman–Crippen MR) is 132 cm³/mol. The minimum absolute atomic E-state index is 0.00316. The number of nitrogens with one attached hydrogen (secondary N) is 1. The van der Waals surface area contributed by atoms with Crippen molar-refractivity contribution in [2.75, 3.05) is 7.11 Å². The van der Waals surface area contributed by atoms with Crippen LogP contribution in [0.1, 0.15) is 41.2 Å². The van der Waals surface area contributed by atoms with Crippen LogP contribution in [0.25, 0.3) is 22.4 Å². The third-order valence-electron chi connectivity index (χ3n) is 5.88. The highest BCUT2D eigenvalue weighted by molar-refractivity contribution is 5.98. The van der Waals surface area contributed by atoms with E-state index in [9.17, 15) is 18.0 Å². The molecule has 1 aliphatic carbocycles. The number of hydrogen-bond acceptors (Lipinski definition) is 8. The fraction of sp³-hybridized carbons (Fsp3) is 0.280. The number of pyridine rings is 1. The van der Waals surface area contributed by atoms with E-state index in [0.717, 1.165) is 12.5 Å². The van der Waals surface area contributed by atoms with E-state index in [-0.39, 0.29) is 35.2 Å². The van der Waals surface area contributed by atoms with Crippen molar-refractivity contribution in [1.82, 2.24) is 15.3 Å². The first-order chi connectivity index (χ1) is 17.7. The number of fused-ring (bicyclic) bond motifs is 1. The minimum Gasteiger partial charge on any atom is -0.494 e. The second kappa shape index (κ2) is 10.4. The highest BCUT2D eigenvalue weighted by Gasteiger charge is 2.33. The molecule has 194 valence electrons. The van der Waals surface area contributed by atoms with Crippen LogP contribution in [0.15, 0.2) is 57.7 Å². The molecule has 1 amide bonds. The number of carbonyl (C=O) groups is 1. The highest BCUT2D eigenvalue weighted by Crippen LogP contribution is 2.37. The van der Waals surface area contributed by atoms with E-state index < -0.39 is 23.8 Å². The van der Waals surface area contributed by atoms with Gasteiger partial charge in [0.25, 0.3) is 5.91 Å². The predicted octanol–water partition coefficient (Wildman–Crippen LogP) is 4.09. The van der Waals surface area contributed by atoms with Crippen molar-refractivity contribution in [2.24, 2.45) is 16.5 Å². The Balaban J connectivity index is 1.73. The summed E-state index contributed by atoms with van der Waals surface area (Å²) in [6, 6.07) is 4.69. The van der Waals surface area contributed by atoms with E-state index in [2.05, 4.69) is 26.9 Å². The van der Waals surface area contributed by atoms with E-state index in [1.54, 1.807) is 6.07 Å². The Bertz CT molecular complexity index is 1410. The third kappa shape index (κ3) is 5.19. The molecule has 1 unspecified atom stereocenters. The van der Waals surface area contributed by atoms with Crippen LogP contribution < -0.4 is 21.5 Å². The van der Waals surface area contributed by atoms with E-state index in [1.165, 1.54) is 31.5 Å². The molecule has 2 aromatic heterocycles. The number of ether oxygens (including phenoxy) is 1. The van der Waals surface area contributed by atoms with Gasteiger partial charge in [-0.2, -0.15) is 13.2 Å². The van der Waals surface area contributed by atoms with E-state index in [4.69, 9.17) is 20.6 Å². The molecule has 0 spiro atoms. The molecule has 0 aliphatic heterocycles. The molecule has 1 aromatic carbocycles. The number of carbonyl (C=O) groups excluding carboxylic acids is 1. The average molecular weight is 515 g/mol. The SMILES string of the molecule is C=C/C=N\C1=C(N)CCCC1NC(=O)c1nc(-c2ccc(OC)c3nc(C(F)(F)F)ccc23)oc1CN. The van der Waals surface area contributed by atoms with Gasteiger partial charge in [0, 0.05) is 22.9 Å². The molecule has 1 atom stereocenters. The van der Waals surface area contributed by atoms with Crippen molar-refractivity contribution in [3.8, 4) is 17.2 Å². The zero-order valence-electron chi connectivity index (χ0n) is 19.9. The standard InChI is InChI=1S/C25H25F3N6O3/c1-3-11-31-21-15(30)5-4-6-16(21)32-23(35)22-18(12-29)37-24(34-22)14-7-9-17(36-2)20-13(14)8-10-19(33-20)25(26,27)28/h3,7-11,16H,1,4-6,12,29-30H2,2H3,(H,32,35)/b31-11-. The quantitative estimate of drug-likeness (QED) is 0.403. The normalized spacial score (nSPS) is 16.4. The maximum absolute atomic E-state index is 13.3. The first-order valence-corrected chi connectivity index (χ1v) is 11.4. The number of oxazole rings is 1. The maximum atomic E-state index is 13.3. The molecule has 0 fully saturated rings. The number of halogens is 3. The van der Waals surface area contributed by atoms with E-state index >= 15 is 0 Å². The zero-order chi connectivity index (χ0) is 26.7. The van der Waals surface area contributed by atoms with Gasteiger partial charge in [-0.1, -0.05) is 12.7 Å². The van der Waals surface area contributed by atoms with Gasteiger partial charge < -0.3 is 25.9 Å². The van der Waals surface area contributed by atoms with Crippen LogP contribution in [0, 0.1) is 0 Å². The summed E-state index contributed by atoms with van der Waals surface area (Å²) in [4.78, 5) is 25.6. The summed E-state index contributed by atoms with van der Waals surface area (Å²) < 4.78 is 50.8. The number of nitrogens with two attached hydrogens (primary N) is 2. The largest absolute Gasteiger partial charge is 0.494 e. The zero-order valence-corrected chi connectivity index (χ0v) is 19.9. The molecule has 0 radical (unpaired) electrons. The van der Waals surface area contributed by atoms with Gasteiger partial charge in [-0.05, 0) is 43.5 Å². The van der Waals surface area contributed by atoms with Crippen molar-refractivity contribution < 1.29 is 27.1 Å². The average Bonchev–Trinajstić information content (AvgIpc) is 3.31. The lowest BCUT2D eigenvalue weighted by molar-refractivity contribution is -0.140. The fourth-order valence-electron chi connectivity index (χ4n) is 4.14. The monoisotopic (exact) mass is 514 g/mol. The lowest BCUT2D eigenvalue weighted by atomic mass is 9.96. The van der Waals surface area contributed by atoms with Crippen LogP contribution in [0.3, 0.4) is 0 Å². The van der Waals surface area contributed by atoms with Gasteiger partial charge in [0.2, 0.25) is 5.89 Å². The van der Waals surface area contributed by atoms with Gasteiger partial charge in [0.05, 0.1) is 25.4 Å². The van der Waals surface area contributed by atoms with Crippen molar-refractivity contribution in [2.45, 2.75) is 38.0 Å². The van der Waals surface area contributed by atoms with Crippen LogP contribution in [-0.4, -0.2) is 35.2 Å². The molecule has 9 nitrogen and oxygen atoms in total. The van der Waals surface area contributed by atoms with Gasteiger partial charge in [0.1, 0.15) is 17.0 Å². The number of allylic oxidation sites excluding steroid dienone is 2. The molecule has 0 bridgehead atoms. The van der Waals surface area contributed by atoms with Gasteiger partial charge >= 0.3 is 6.18 Å². The molecule has 0 saturated carbocycles. The lowest BCUT2D eigenvalue weighted by Gasteiger charge is -2.25. The summed E-state index contributed by atoms with van der Waals surface area (Å²) in [6.45, 7) is 3.47. The number of benzene rings is 1. The highest BCUT2D eigenvalue weighted by atomic mass is 19.4. The van der Waals surface area contributed by atoms with Crippen LogP contribution in [-0.2, 0) is 12.7 Å². The third-order valence-corrected chi connectivity index (χ3v) is 5.88. The topological polar surface area (TPSA) is 142 Å². The molecule has 3 aromatic rings. The number of alkyl halides is 3. The van der Waals surface area contributed by atoms with Gasteiger partial charge in [-0.15, -0.1) is 0 Å². The van der Waals surface area contributed by atoms with Crippen molar-refractivity contribution >= 4 is 23.0 Å². The maximum Gasteiger partial charge on any atom is 0.433 e. The second-order valence-corrected chi connectivity index (χ2v) is 8.24. The van der Waals surface area contributed by atoms with E-state index in [0.29, 0.717) is 35.2 Å². The van der Waals surface area contributed by atoms with Crippen LogP contribution in [0.4, 0.5) is 13.2 Å². The molecule has 5 N–H and O–H groups in total. The summed E-state index contributed by atoms with van der Waals surface area (Å²) in [7, 11) is 1.33. The molecule has 2 heterocycles. The van der Waals surface area contributed by atoms with Gasteiger partial charge in [-0.3, -0.25) is 9.79 Å². The Kier molecular flexibility index (Phi) is 7.30. The van der Waals surface area contributed by atoms with Crippen LogP contribution in [0.5, 0.6) is 5.75 Å². The molecule has 1 aliphatic rings. The van der Waals surface area contributed by atoms with Crippen LogP contribution >= 0.6 is 0 Å². The number of aromatic nitrogens is 2. The fourth-order valence-corrected chi connectivity index (χ4v) is 4.14. The number of nitrogens with zero attached hydrogens (tertiary/aromatic N) is 3. The molecule has 4 rings (SSSR count). The number of amides is 1. The Hall–Kier alpha value is -4.19. The Morgan fingerprint density at radius 1 is 1.32 bits per heavy atom. The summed E-state index contributed by atoms with van der Waals surface area (Å²) in [5.74, 6) is -0.289. The smallest absolute Gasteiger partial charge is 0.433 e. The minimum atomic E-state index is -4.64. The molecular formula is C25H25F3N6O3. The Labute approximate surface area is 210 Å². The Morgan fingerprint density at radius 2 is 2.11 bits per heavy atom. The summed E-state index contributed by atoms with van der Waals surface area (Å²) in [5, 5.41) is 3.18. The van der Waals surface area contributed by atoms with Gasteiger partial charge in [-0.25, -0.2) is 9.97 Å².